The summed E-state index contributed by atoms with van der Waals surface area (Å²) >= 11 is 0. The van der Waals surface area contributed by atoms with Gasteiger partial charge in [0.05, 0.1) is 6.54 Å². The van der Waals surface area contributed by atoms with Gasteiger partial charge in [0.25, 0.3) is 5.91 Å². The van der Waals surface area contributed by atoms with E-state index in [9.17, 15) is 18.4 Å². The van der Waals surface area contributed by atoms with Crippen molar-refractivity contribution >= 4 is 11.8 Å². The zero-order valence-corrected chi connectivity index (χ0v) is 22.4. The maximum Gasteiger partial charge on any atom is 0.251 e. The minimum atomic E-state index is -0.273. The lowest BCUT2D eigenvalue weighted by atomic mass is 9.50. The largest absolute Gasteiger partial charge is 0.347 e. The van der Waals surface area contributed by atoms with Crippen molar-refractivity contribution in [3.05, 3.63) is 95.1 Å². The molecule has 2 N–H and O–H groups in total. The molecule has 7 heteroatoms. The third-order valence-corrected chi connectivity index (χ3v) is 9.62. The molecule has 3 aromatic carbocycles. The van der Waals surface area contributed by atoms with E-state index in [0.717, 1.165) is 54.4 Å². The maximum atomic E-state index is 13.6. The van der Waals surface area contributed by atoms with Crippen molar-refractivity contribution in [3.63, 3.8) is 0 Å². The van der Waals surface area contributed by atoms with Crippen LogP contribution in [0.5, 0.6) is 0 Å². The van der Waals surface area contributed by atoms with Crippen LogP contribution < -0.4 is 10.6 Å². The molecule has 5 nitrogen and oxygen atoms in total. The van der Waals surface area contributed by atoms with Gasteiger partial charge in [0.1, 0.15) is 11.6 Å². The van der Waals surface area contributed by atoms with Gasteiger partial charge < -0.3 is 15.5 Å². The van der Waals surface area contributed by atoms with Crippen molar-refractivity contribution in [3.8, 4) is 11.1 Å². The average Bonchev–Trinajstić information content (AvgIpc) is 3.35. The summed E-state index contributed by atoms with van der Waals surface area (Å²) in [6, 6.07) is 18.6. The van der Waals surface area contributed by atoms with Crippen molar-refractivity contribution in [2.24, 2.45) is 11.8 Å². The molecular formula is C33H33F2N3O2. The molecule has 0 aromatic heterocycles. The van der Waals surface area contributed by atoms with E-state index in [4.69, 9.17) is 0 Å². The normalized spacial score (nSPS) is 28.0. The van der Waals surface area contributed by atoms with Gasteiger partial charge in [0.15, 0.2) is 0 Å². The van der Waals surface area contributed by atoms with E-state index in [-0.39, 0.29) is 41.1 Å². The first-order valence-electron chi connectivity index (χ1n) is 14.3. The molecule has 0 radical (unpaired) electrons. The molecule has 0 spiro atoms. The Hall–Kier alpha value is -3.58. The fraction of sp³-hybridized carbons (Fsp3) is 0.394. The van der Waals surface area contributed by atoms with Crippen LogP contribution in [0.3, 0.4) is 0 Å². The van der Waals surface area contributed by atoms with Gasteiger partial charge in [0.2, 0.25) is 5.91 Å². The van der Waals surface area contributed by atoms with Gasteiger partial charge in [-0.3, -0.25) is 9.59 Å². The Morgan fingerprint density at radius 3 is 2.08 bits per heavy atom. The summed E-state index contributed by atoms with van der Waals surface area (Å²) in [4.78, 5) is 28.4. The monoisotopic (exact) mass is 541 g/mol. The molecule has 2 unspecified atom stereocenters. The second kappa shape index (κ2) is 9.51. The molecule has 8 rings (SSSR count). The second-order valence-corrected chi connectivity index (χ2v) is 12.6. The fourth-order valence-electron chi connectivity index (χ4n) is 8.30. The highest BCUT2D eigenvalue weighted by molar-refractivity contribution is 5.95. The van der Waals surface area contributed by atoms with Gasteiger partial charge in [-0.05, 0) is 109 Å². The number of amides is 2. The highest BCUT2D eigenvalue weighted by Gasteiger charge is 2.58. The van der Waals surface area contributed by atoms with Crippen LogP contribution >= 0.6 is 0 Å². The Bertz CT molecular complexity index is 1460. The van der Waals surface area contributed by atoms with Crippen LogP contribution in [0.2, 0.25) is 0 Å². The van der Waals surface area contributed by atoms with E-state index < -0.39 is 0 Å². The van der Waals surface area contributed by atoms with E-state index in [2.05, 4.69) is 10.6 Å². The van der Waals surface area contributed by atoms with Crippen LogP contribution in [-0.2, 0) is 17.9 Å². The minimum absolute atomic E-state index is 0.0340. The summed E-state index contributed by atoms with van der Waals surface area (Å²) in [7, 11) is 0. The van der Waals surface area contributed by atoms with Crippen molar-refractivity contribution in [2.45, 2.75) is 62.7 Å². The number of carbonyl (C=O) groups excluding carboxylic acids is 2. The highest BCUT2D eigenvalue weighted by atomic mass is 19.1. The van der Waals surface area contributed by atoms with Gasteiger partial charge in [-0.2, -0.15) is 0 Å². The molecule has 4 aliphatic carbocycles. The third-order valence-electron chi connectivity index (χ3n) is 9.62. The topological polar surface area (TPSA) is 61.4 Å². The summed E-state index contributed by atoms with van der Waals surface area (Å²) in [5, 5.41) is 7.10. The summed E-state index contributed by atoms with van der Waals surface area (Å²) in [5.41, 5.74) is 3.93. The minimum Gasteiger partial charge on any atom is -0.347 e. The number of hydrogen-bond donors (Lipinski definition) is 2. The molecule has 0 saturated heterocycles. The molecule has 2 amide bonds. The van der Waals surface area contributed by atoms with E-state index in [1.807, 2.05) is 24.3 Å². The van der Waals surface area contributed by atoms with E-state index in [1.165, 1.54) is 30.7 Å². The second-order valence-electron chi connectivity index (χ2n) is 12.6. The number of carbonyl (C=O) groups is 2. The molecule has 4 bridgehead atoms. The fourth-order valence-corrected chi connectivity index (χ4v) is 8.30. The van der Waals surface area contributed by atoms with Crippen molar-refractivity contribution < 1.29 is 18.4 Å². The maximum absolute atomic E-state index is 13.6. The molecule has 4 atom stereocenters. The number of nitrogens with zero attached hydrogens (tertiary/aromatic N) is 1. The average molecular weight is 542 g/mol. The lowest BCUT2D eigenvalue weighted by Gasteiger charge is -2.62. The number of fused-ring (bicyclic) bond motifs is 1. The van der Waals surface area contributed by atoms with Crippen LogP contribution in [0.15, 0.2) is 66.7 Å². The lowest BCUT2D eigenvalue weighted by molar-refractivity contribution is -0.132. The SMILES string of the molecule is O=C(NC12C[C@@H]3C[C@@H](CC(NCC(=O)N4Cc5ccc(F)cc5C4)(C3)C1)C2)c1ccc(-c2ccc(F)cc2)cc1. The smallest absolute Gasteiger partial charge is 0.251 e. The molecule has 5 aliphatic rings. The molecule has 1 aliphatic heterocycles. The number of halogens is 2. The van der Waals surface area contributed by atoms with Gasteiger partial charge in [-0.1, -0.05) is 30.3 Å². The summed E-state index contributed by atoms with van der Waals surface area (Å²) in [5.74, 6) is 0.488. The molecular weight excluding hydrogens is 508 g/mol. The Balaban J connectivity index is 1.02. The van der Waals surface area contributed by atoms with Crippen molar-refractivity contribution in [2.75, 3.05) is 6.54 Å². The number of nitrogens with one attached hydrogen (secondary N) is 2. The zero-order valence-electron chi connectivity index (χ0n) is 22.4. The van der Waals surface area contributed by atoms with E-state index in [0.29, 0.717) is 30.5 Å². The summed E-state index contributed by atoms with van der Waals surface area (Å²) < 4.78 is 26.9. The third kappa shape index (κ3) is 4.70. The van der Waals surface area contributed by atoms with Gasteiger partial charge in [-0.25, -0.2) is 8.78 Å². The van der Waals surface area contributed by atoms with Crippen LogP contribution in [0.1, 0.15) is 60.0 Å². The Kier molecular flexibility index (Phi) is 6.04. The number of hydrogen-bond acceptors (Lipinski definition) is 3. The molecule has 4 fully saturated rings. The highest BCUT2D eigenvalue weighted by Crippen LogP contribution is 2.57. The first kappa shape index (κ1) is 25.4. The van der Waals surface area contributed by atoms with Crippen molar-refractivity contribution in [1.82, 2.24) is 15.5 Å². The van der Waals surface area contributed by atoms with E-state index in [1.54, 1.807) is 23.1 Å². The Morgan fingerprint density at radius 2 is 1.38 bits per heavy atom. The van der Waals surface area contributed by atoms with Gasteiger partial charge >= 0.3 is 0 Å². The summed E-state index contributed by atoms with van der Waals surface area (Å²) in [6.07, 6.45) is 6.04. The summed E-state index contributed by atoms with van der Waals surface area (Å²) in [6.45, 7) is 1.23. The van der Waals surface area contributed by atoms with Crippen LogP contribution in [0, 0.1) is 23.5 Å². The lowest BCUT2D eigenvalue weighted by Crippen LogP contribution is -2.69. The standard InChI is InChI=1S/C33H33F2N3O2/c34-28-8-5-24(6-9-28)23-1-3-25(4-2-23)31(40)37-33-15-21-11-22(16-33)14-32(13-21,20-33)36-17-30(39)38-18-26-7-10-29(35)12-27(26)19-38/h1-10,12,21-22,36H,11,13-20H2,(H,37,40)/t21-,22+,32?,33?. The van der Waals surface area contributed by atoms with Crippen molar-refractivity contribution in [1.29, 1.82) is 0 Å². The molecule has 40 heavy (non-hydrogen) atoms. The number of rotatable bonds is 6. The predicted octanol–water partition coefficient (Wildman–Crippen LogP) is 5.59. The Labute approximate surface area is 233 Å². The van der Waals surface area contributed by atoms with Crippen LogP contribution in [-0.4, -0.2) is 34.3 Å². The molecule has 1 heterocycles. The first-order valence-corrected chi connectivity index (χ1v) is 14.3. The number of benzene rings is 3. The Morgan fingerprint density at radius 1 is 0.775 bits per heavy atom. The van der Waals surface area contributed by atoms with E-state index >= 15 is 0 Å². The quantitative estimate of drug-likeness (QED) is 0.428. The zero-order chi connectivity index (χ0) is 27.5. The molecule has 4 saturated carbocycles. The first-order chi connectivity index (χ1) is 19.3. The molecule has 3 aromatic rings. The van der Waals surface area contributed by atoms with Gasteiger partial charge in [-0.15, -0.1) is 0 Å². The van der Waals surface area contributed by atoms with Crippen LogP contribution in [0.4, 0.5) is 8.78 Å². The molecule has 206 valence electrons. The van der Waals surface area contributed by atoms with Gasteiger partial charge in [0, 0.05) is 29.7 Å². The predicted molar refractivity (Wildman–Crippen MR) is 148 cm³/mol. The van der Waals surface area contributed by atoms with Crippen LogP contribution in [0.25, 0.3) is 11.1 Å².